The van der Waals surface area contributed by atoms with E-state index in [2.05, 4.69) is 14.9 Å². The molecule has 2 aromatic carbocycles. The van der Waals surface area contributed by atoms with Crippen molar-refractivity contribution in [3.8, 4) is 5.75 Å². The number of nitrogens with one attached hydrogen (secondary N) is 2. The third kappa shape index (κ3) is 8.41. The average Bonchev–Trinajstić information content (AvgIpc) is 2.79. The van der Waals surface area contributed by atoms with Gasteiger partial charge in [0.1, 0.15) is 17.9 Å². The fourth-order valence-corrected chi connectivity index (χ4v) is 4.73. The molecule has 8 nitrogen and oxygen atoms in total. The van der Waals surface area contributed by atoms with Crippen LogP contribution >= 0.6 is 23.2 Å². The Bertz CT molecular complexity index is 1060. The summed E-state index contributed by atoms with van der Waals surface area (Å²) in [6.45, 7) is 1.86. The van der Waals surface area contributed by atoms with E-state index in [0.29, 0.717) is 27.9 Å². The predicted molar refractivity (Wildman–Crippen MR) is 133 cm³/mol. The number of amides is 1. The van der Waals surface area contributed by atoms with Gasteiger partial charge in [-0.3, -0.25) is 4.79 Å². The highest BCUT2D eigenvalue weighted by molar-refractivity contribution is 7.88. The van der Waals surface area contributed by atoms with Gasteiger partial charge in [0.25, 0.3) is 0 Å². The molecule has 1 heterocycles. The van der Waals surface area contributed by atoms with E-state index in [1.54, 1.807) is 48.5 Å². The van der Waals surface area contributed by atoms with Gasteiger partial charge in [-0.15, -0.1) is 0 Å². The first-order valence-corrected chi connectivity index (χ1v) is 13.6. The first-order valence-electron chi connectivity index (χ1n) is 10.9. The van der Waals surface area contributed by atoms with Crippen LogP contribution in [0.3, 0.4) is 0 Å². The van der Waals surface area contributed by atoms with Crippen LogP contribution in [0.25, 0.3) is 0 Å². The first-order chi connectivity index (χ1) is 16.1. The zero-order valence-electron chi connectivity index (χ0n) is 18.8. The highest BCUT2D eigenvalue weighted by atomic mass is 35.5. The zero-order chi connectivity index (χ0) is 24.7. The minimum absolute atomic E-state index is 0.00725. The highest BCUT2D eigenvalue weighted by Gasteiger charge is 2.26. The summed E-state index contributed by atoms with van der Waals surface area (Å²) in [4.78, 5) is 14.8. The van der Waals surface area contributed by atoms with E-state index in [0.717, 1.165) is 32.2 Å². The van der Waals surface area contributed by atoms with Crippen molar-refractivity contribution in [1.29, 1.82) is 0 Å². The summed E-state index contributed by atoms with van der Waals surface area (Å²) in [5.41, 5.74) is 0.518. The standard InChI is InChI=1S/C23H29Cl2N3O5S/c1-34(31,32)27-22(16-5-3-2-4-6-16)23(30)26-14-17(29)15-28-11-9-18(10-12-28)33-19-7-8-20(24)21(25)13-19/h2-8,13,17-18,22,27,29H,9-12,14-15H2,1H3,(H,26,30)/t17-,22?/m1/s1. The Hall–Kier alpha value is -1.88. The van der Waals surface area contributed by atoms with Gasteiger partial charge < -0.3 is 20.1 Å². The van der Waals surface area contributed by atoms with Gasteiger partial charge in [0, 0.05) is 32.2 Å². The Morgan fingerprint density at radius 1 is 1.15 bits per heavy atom. The Morgan fingerprint density at radius 2 is 1.82 bits per heavy atom. The molecular formula is C23H29Cl2N3O5S. The lowest BCUT2D eigenvalue weighted by atomic mass is 10.1. The van der Waals surface area contributed by atoms with Gasteiger partial charge in [-0.25, -0.2) is 8.42 Å². The molecule has 0 radical (unpaired) electrons. The van der Waals surface area contributed by atoms with Gasteiger partial charge in [-0.2, -0.15) is 4.72 Å². The third-order valence-electron chi connectivity index (χ3n) is 5.44. The average molecular weight is 530 g/mol. The van der Waals surface area contributed by atoms with E-state index >= 15 is 0 Å². The van der Waals surface area contributed by atoms with E-state index in [4.69, 9.17) is 27.9 Å². The van der Waals surface area contributed by atoms with Crippen molar-refractivity contribution in [3.05, 3.63) is 64.1 Å². The number of likely N-dealkylation sites (tertiary alicyclic amines) is 1. The molecule has 1 unspecified atom stereocenters. The van der Waals surface area contributed by atoms with Gasteiger partial charge in [-0.1, -0.05) is 53.5 Å². The molecule has 3 rings (SSSR count). The van der Waals surface area contributed by atoms with Crippen LogP contribution in [0.15, 0.2) is 48.5 Å². The number of hydrogen-bond donors (Lipinski definition) is 3. The number of carbonyl (C=O) groups excluding carboxylic acids is 1. The van der Waals surface area contributed by atoms with Crippen LogP contribution in [0.5, 0.6) is 5.75 Å². The number of sulfonamides is 1. The Labute approximate surface area is 210 Å². The predicted octanol–water partition coefficient (Wildman–Crippen LogP) is 2.60. The van der Waals surface area contributed by atoms with Crippen LogP contribution in [0, 0.1) is 0 Å². The largest absolute Gasteiger partial charge is 0.490 e. The fraction of sp³-hybridized carbons (Fsp3) is 0.435. The van der Waals surface area contributed by atoms with Crippen LogP contribution in [0.2, 0.25) is 10.0 Å². The van der Waals surface area contributed by atoms with Crippen molar-refractivity contribution in [1.82, 2.24) is 14.9 Å². The Balaban J connectivity index is 1.45. The third-order valence-corrected chi connectivity index (χ3v) is 6.84. The molecule has 1 aliphatic heterocycles. The molecule has 11 heteroatoms. The highest BCUT2D eigenvalue weighted by Crippen LogP contribution is 2.28. The molecule has 2 aromatic rings. The van der Waals surface area contributed by atoms with Gasteiger partial charge in [-0.05, 0) is 30.5 Å². The molecule has 3 N–H and O–H groups in total. The van der Waals surface area contributed by atoms with Crippen LogP contribution in [0.4, 0.5) is 0 Å². The number of piperidine rings is 1. The zero-order valence-corrected chi connectivity index (χ0v) is 21.1. The number of β-amino-alcohol motifs (C(OH)–C–C–N with tert-alkyl or cyclic N) is 1. The van der Waals surface area contributed by atoms with E-state index in [1.165, 1.54) is 0 Å². The SMILES string of the molecule is CS(=O)(=O)NC(C(=O)NC[C@@H](O)CN1CCC(Oc2ccc(Cl)c(Cl)c2)CC1)c1ccccc1. The molecule has 0 spiro atoms. The number of aliphatic hydroxyl groups is 1. The summed E-state index contributed by atoms with van der Waals surface area (Å²) in [7, 11) is -3.62. The van der Waals surface area contributed by atoms with Gasteiger partial charge in [0.15, 0.2) is 0 Å². The topological polar surface area (TPSA) is 108 Å². The molecule has 0 bridgehead atoms. The quantitative estimate of drug-likeness (QED) is 0.436. The summed E-state index contributed by atoms with van der Waals surface area (Å²) in [5, 5.41) is 14.0. The lowest BCUT2D eigenvalue weighted by Crippen LogP contribution is -2.47. The molecule has 0 aromatic heterocycles. The Morgan fingerprint density at radius 3 is 2.44 bits per heavy atom. The van der Waals surface area contributed by atoms with Crippen molar-refractivity contribution in [2.45, 2.75) is 31.1 Å². The number of ether oxygens (including phenoxy) is 1. The van der Waals surface area contributed by atoms with E-state index in [-0.39, 0.29) is 12.6 Å². The van der Waals surface area contributed by atoms with Crippen LogP contribution < -0.4 is 14.8 Å². The number of nitrogens with zero attached hydrogens (tertiary/aromatic N) is 1. The minimum Gasteiger partial charge on any atom is -0.490 e. The molecule has 0 saturated carbocycles. The maximum absolute atomic E-state index is 12.7. The number of carbonyl (C=O) groups is 1. The van der Waals surface area contributed by atoms with Crippen LogP contribution in [-0.2, 0) is 14.8 Å². The fourth-order valence-electron chi connectivity index (χ4n) is 3.77. The molecule has 1 aliphatic rings. The second-order valence-electron chi connectivity index (χ2n) is 8.33. The van der Waals surface area contributed by atoms with E-state index in [9.17, 15) is 18.3 Å². The van der Waals surface area contributed by atoms with E-state index in [1.807, 2.05) is 0 Å². The first kappa shape index (κ1) is 26.7. The number of hydrogen-bond acceptors (Lipinski definition) is 6. The smallest absolute Gasteiger partial charge is 0.242 e. The van der Waals surface area contributed by atoms with Gasteiger partial charge in [0.05, 0.1) is 22.4 Å². The maximum Gasteiger partial charge on any atom is 0.242 e. The molecule has 1 fully saturated rings. The monoisotopic (exact) mass is 529 g/mol. The lowest BCUT2D eigenvalue weighted by molar-refractivity contribution is -0.123. The summed E-state index contributed by atoms with van der Waals surface area (Å²) in [6.07, 6.45) is 1.81. The van der Waals surface area contributed by atoms with Gasteiger partial charge in [0.2, 0.25) is 15.9 Å². The molecule has 186 valence electrons. The van der Waals surface area contributed by atoms with Crippen molar-refractivity contribution in [2.75, 3.05) is 32.4 Å². The van der Waals surface area contributed by atoms with Crippen molar-refractivity contribution in [3.63, 3.8) is 0 Å². The second kappa shape index (κ2) is 12.2. The summed E-state index contributed by atoms with van der Waals surface area (Å²) in [6, 6.07) is 12.7. The molecule has 1 saturated heterocycles. The summed E-state index contributed by atoms with van der Waals surface area (Å²) >= 11 is 12.0. The molecule has 34 heavy (non-hydrogen) atoms. The van der Waals surface area contributed by atoms with Crippen molar-refractivity contribution < 1.29 is 23.1 Å². The Kier molecular flexibility index (Phi) is 9.58. The lowest BCUT2D eigenvalue weighted by Gasteiger charge is -2.33. The van der Waals surface area contributed by atoms with Crippen LogP contribution in [0.1, 0.15) is 24.4 Å². The van der Waals surface area contributed by atoms with Crippen molar-refractivity contribution >= 4 is 39.1 Å². The number of benzene rings is 2. The van der Waals surface area contributed by atoms with Crippen molar-refractivity contribution in [2.24, 2.45) is 0 Å². The molecule has 0 aliphatic carbocycles. The summed E-state index contributed by atoms with van der Waals surface area (Å²) < 4.78 is 31.8. The molecular weight excluding hydrogens is 501 g/mol. The van der Waals surface area contributed by atoms with E-state index < -0.39 is 28.1 Å². The number of halogens is 2. The normalized spacial score (nSPS) is 17.2. The molecule has 2 atom stereocenters. The van der Waals surface area contributed by atoms with Gasteiger partial charge >= 0.3 is 0 Å². The number of aliphatic hydroxyl groups excluding tert-OH is 1. The second-order valence-corrected chi connectivity index (χ2v) is 10.9. The summed E-state index contributed by atoms with van der Waals surface area (Å²) in [5.74, 6) is 0.149. The minimum atomic E-state index is -3.62. The van der Waals surface area contributed by atoms with Crippen LogP contribution in [-0.4, -0.2) is 69.0 Å². The number of rotatable bonds is 10. The maximum atomic E-state index is 12.7. The molecule has 1 amide bonds.